The Kier molecular flexibility index (Phi) is 10.0. The van der Waals surface area contributed by atoms with Crippen molar-refractivity contribution in [2.24, 2.45) is 0 Å². The normalized spacial score (nSPS) is 25.4. The number of phenols is 1. The molecule has 0 spiro atoms. The van der Waals surface area contributed by atoms with E-state index in [1.54, 1.807) is 17.0 Å². The lowest BCUT2D eigenvalue weighted by atomic mass is 9.84. The number of halogens is 1. The first-order valence-corrected chi connectivity index (χ1v) is 16.8. The third-order valence-corrected chi connectivity index (χ3v) is 10.7. The molecule has 0 saturated carbocycles. The molecule has 0 radical (unpaired) electrons. The third-order valence-electron chi connectivity index (χ3n) is 10.4. The zero-order chi connectivity index (χ0) is 32.3. The van der Waals surface area contributed by atoms with E-state index in [1.165, 1.54) is 6.07 Å². The molecule has 0 unspecified atom stereocenters. The predicted molar refractivity (Wildman–Crippen MR) is 174 cm³/mol. The van der Waals surface area contributed by atoms with Crippen LogP contribution in [0.2, 0.25) is 5.02 Å². The second-order valence-corrected chi connectivity index (χ2v) is 13.4. The van der Waals surface area contributed by atoms with E-state index in [0.29, 0.717) is 57.0 Å². The van der Waals surface area contributed by atoms with Crippen LogP contribution in [0.4, 0.5) is 15.3 Å². The molecule has 3 N–H and O–H groups in total. The van der Waals surface area contributed by atoms with Crippen molar-refractivity contribution in [1.29, 1.82) is 0 Å². The van der Waals surface area contributed by atoms with Crippen molar-refractivity contribution >= 4 is 35.7 Å². The zero-order valence-electron chi connectivity index (χ0n) is 26.2. The quantitative estimate of drug-likeness (QED) is 0.375. The zero-order valence-corrected chi connectivity index (χ0v) is 26.9. The average Bonchev–Trinajstić information content (AvgIpc) is 3.23. The van der Waals surface area contributed by atoms with Crippen molar-refractivity contribution in [3.8, 4) is 5.75 Å². The van der Waals surface area contributed by atoms with Crippen LogP contribution in [0.5, 0.6) is 5.75 Å². The number of aldehydes is 1. The molecule has 12 heteroatoms. The van der Waals surface area contributed by atoms with Crippen molar-refractivity contribution in [2.75, 3.05) is 44.6 Å². The molecule has 4 aliphatic heterocycles. The number of piperidine rings is 3. The number of amides is 3. The molecule has 4 heterocycles. The number of ether oxygens (including phenoxy) is 1. The maximum absolute atomic E-state index is 13.9. The molecule has 2 aromatic rings. The summed E-state index contributed by atoms with van der Waals surface area (Å²) in [5.41, 5.74) is 1.58. The van der Waals surface area contributed by atoms with Gasteiger partial charge in [-0.25, -0.2) is 9.59 Å². The Hall–Kier alpha value is -3.38. The summed E-state index contributed by atoms with van der Waals surface area (Å²) in [5.74, 6) is -0.0476. The summed E-state index contributed by atoms with van der Waals surface area (Å²) >= 11 is 6.08. The van der Waals surface area contributed by atoms with E-state index in [2.05, 4.69) is 15.1 Å². The fourth-order valence-electron chi connectivity index (χ4n) is 7.86. The number of para-hydroxylation sites is 1. The monoisotopic (exact) mass is 653 g/mol. The van der Waals surface area contributed by atoms with Gasteiger partial charge in [-0.3, -0.25) is 9.80 Å². The molecule has 3 fully saturated rings. The number of hydrogen-bond acceptors (Lipinski definition) is 8. The van der Waals surface area contributed by atoms with Gasteiger partial charge < -0.3 is 34.9 Å². The number of nitrogens with one attached hydrogen (secondary N) is 1. The number of rotatable bonds is 7. The van der Waals surface area contributed by atoms with Gasteiger partial charge in [0.1, 0.15) is 24.3 Å². The molecule has 0 aliphatic carbocycles. The maximum atomic E-state index is 13.9. The van der Waals surface area contributed by atoms with Crippen LogP contribution in [-0.4, -0.2) is 111 Å². The highest BCUT2D eigenvalue weighted by Crippen LogP contribution is 2.40. The van der Waals surface area contributed by atoms with Crippen molar-refractivity contribution in [1.82, 2.24) is 19.6 Å². The van der Waals surface area contributed by atoms with Crippen molar-refractivity contribution in [3.05, 3.63) is 58.6 Å². The molecule has 3 amide bonds. The largest absolute Gasteiger partial charge is 0.506 e. The number of fused-ring (bicyclic) bond motifs is 1. The first-order valence-electron chi connectivity index (χ1n) is 16.5. The lowest BCUT2D eigenvalue weighted by molar-refractivity contribution is -0.128. The number of nitrogens with zero attached hydrogens (tertiary/aromatic N) is 4. The van der Waals surface area contributed by atoms with E-state index in [0.717, 1.165) is 56.3 Å². The number of hydrogen-bond donors (Lipinski definition) is 3. The molecular weight excluding hydrogens is 610 g/mol. The predicted octanol–water partition coefficient (Wildman–Crippen LogP) is 4.44. The first-order chi connectivity index (χ1) is 22.3. The van der Waals surface area contributed by atoms with Gasteiger partial charge in [0.2, 0.25) is 0 Å². The van der Waals surface area contributed by atoms with Gasteiger partial charge in [-0.05, 0) is 67.9 Å². The SMILES string of the molecule is O=CC[C@@]1(N2CCC(N3CCC(O)CC3)CC2)C[C@H](N2CCc3ccccc3NC2=O)CCN1C(=O)OCc1ccc(O)c(Cl)c1. The van der Waals surface area contributed by atoms with Gasteiger partial charge in [0, 0.05) is 69.9 Å². The Morgan fingerprint density at radius 3 is 2.48 bits per heavy atom. The number of benzene rings is 2. The average molecular weight is 654 g/mol. The van der Waals surface area contributed by atoms with Crippen LogP contribution in [0.25, 0.3) is 0 Å². The molecule has 11 nitrogen and oxygen atoms in total. The third kappa shape index (κ3) is 6.83. The molecule has 0 bridgehead atoms. The number of aromatic hydroxyl groups is 1. The fourth-order valence-corrected chi connectivity index (χ4v) is 8.06. The number of urea groups is 1. The summed E-state index contributed by atoms with van der Waals surface area (Å²) in [6.07, 6.45) is 5.26. The summed E-state index contributed by atoms with van der Waals surface area (Å²) in [7, 11) is 0. The Labute approximate surface area is 275 Å². The number of phenolic OH excluding ortho intramolecular Hbond substituents is 1. The minimum Gasteiger partial charge on any atom is -0.506 e. The fraction of sp³-hybridized carbons (Fsp3) is 0.559. The second-order valence-electron chi connectivity index (χ2n) is 13.0. The smallest absolute Gasteiger partial charge is 0.411 e. The lowest BCUT2D eigenvalue weighted by Gasteiger charge is -2.57. The maximum Gasteiger partial charge on any atom is 0.411 e. The van der Waals surface area contributed by atoms with E-state index in [9.17, 15) is 24.6 Å². The van der Waals surface area contributed by atoms with Crippen LogP contribution in [0.3, 0.4) is 0 Å². The van der Waals surface area contributed by atoms with Gasteiger partial charge in [0.25, 0.3) is 0 Å². The van der Waals surface area contributed by atoms with Crippen LogP contribution >= 0.6 is 11.6 Å². The van der Waals surface area contributed by atoms with Crippen LogP contribution in [0.15, 0.2) is 42.5 Å². The summed E-state index contributed by atoms with van der Waals surface area (Å²) in [6.45, 7) is 3.97. The molecule has 6 rings (SSSR count). The molecular formula is C34H44ClN5O6. The van der Waals surface area contributed by atoms with Gasteiger partial charge in [0.15, 0.2) is 0 Å². The Balaban J connectivity index is 1.23. The van der Waals surface area contributed by atoms with Crippen LogP contribution in [-0.2, 0) is 22.6 Å². The number of carbonyl (C=O) groups is 3. The number of anilines is 1. The number of aliphatic hydroxyl groups excluding tert-OH is 1. The standard InChI is InChI=1S/C34H44ClN5O6/c35-29-21-24(5-6-31(29)43)23-46-33(45)40-19-10-27(39-18-7-25-3-1-2-4-30(25)36-32(39)44)22-34(40,13-20-41)38-16-8-26(9-17-38)37-14-11-28(42)12-15-37/h1-6,20-21,26-28,42-43H,7-19,22-23H2,(H,36,44)/t27-,34+/m1/s1. The highest BCUT2D eigenvalue weighted by atomic mass is 35.5. The van der Waals surface area contributed by atoms with Gasteiger partial charge in [-0.1, -0.05) is 35.9 Å². The van der Waals surface area contributed by atoms with Crippen LogP contribution in [0.1, 0.15) is 56.1 Å². The number of likely N-dealkylation sites (tertiary alicyclic amines) is 3. The molecule has 4 aliphatic rings. The highest BCUT2D eigenvalue weighted by Gasteiger charge is 2.52. The van der Waals surface area contributed by atoms with Crippen molar-refractivity contribution in [3.63, 3.8) is 0 Å². The van der Waals surface area contributed by atoms with E-state index in [1.807, 2.05) is 29.2 Å². The summed E-state index contributed by atoms with van der Waals surface area (Å²) in [5, 5.41) is 23.1. The number of aliphatic hydroxyl groups is 1. The Morgan fingerprint density at radius 2 is 1.74 bits per heavy atom. The number of carbonyl (C=O) groups excluding carboxylic acids is 3. The molecule has 3 saturated heterocycles. The first kappa shape index (κ1) is 32.6. The van der Waals surface area contributed by atoms with Gasteiger partial charge in [0.05, 0.1) is 11.1 Å². The van der Waals surface area contributed by atoms with Crippen LogP contribution < -0.4 is 5.32 Å². The summed E-state index contributed by atoms with van der Waals surface area (Å²) in [4.78, 5) is 48.3. The molecule has 248 valence electrons. The van der Waals surface area contributed by atoms with Crippen molar-refractivity contribution < 1.29 is 29.3 Å². The van der Waals surface area contributed by atoms with E-state index >= 15 is 0 Å². The molecule has 2 aromatic carbocycles. The van der Waals surface area contributed by atoms with Gasteiger partial charge in [-0.15, -0.1) is 0 Å². The van der Waals surface area contributed by atoms with Gasteiger partial charge >= 0.3 is 12.1 Å². The molecule has 46 heavy (non-hydrogen) atoms. The highest BCUT2D eigenvalue weighted by molar-refractivity contribution is 6.32. The van der Waals surface area contributed by atoms with Crippen LogP contribution in [0, 0.1) is 0 Å². The topological polar surface area (TPSA) is 126 Å². The van der Waals surface area contributed by atoms with Crippen molar-refractivity contribution in [2.45, 2.75) is 81.8 Å². The van der Waals surface area contributed by atoms with E-state index < -0.39 is 11.8 Å². The lowest BCUT2D eigenvalue weighted by Crippen LogP contribution is -2.70. The summed E-state index contributed by atoms with van der Waals surface area (Å²) in [6, 6.07) is 12.5. The van der Waals surface area contributed by atoms with Gasteiger partial charge in [-0.2, -0.15) is 0 Å². The minimum atomic E-state index is -0.961. The summed E-state index contributed by atoms with van der Waals surface area (Å²) < 4.78 is 5.82. The van der Waals surface area contributed by atoms with E-state index in [4.69, 9.17) is 16.3 Å². The minimum absolute atomic E-state index is 0.0361. The Bertz CT molecular complexity index is 1410. The van der Waals surface area contributed by atoms with E-state index in [-0.39, 0.29) is 42.0 Å². The Morgan fingerprint density at radius 1 is 1.00 bits per heavy atom. The molecule has 0 aromatic heterocycles. The molecule has 2 atom stereocenters. The second kappa shape index (κ2) is 14.2.